The highest BCUT2D eigenvalue weighted by Crippen LogP contribution is 2.27. The molecule has 0 aliphatic heterocycles. The van der Waals surface area contributed by atoms with E-state index in [0.717, 1.165) is 10.4 Å². The van der Waals surface area contributed by atoms with E-state index < -0.39 is 0 Å². The number of anilines is 1. The number of hydrogen-bond acceptors (Lipinski definition) is 5. The Labute approximate surface area is 158 Å². The number of methoxy groups -OCH3 is 1. The highest BCUT2D eigenvalue weighted by Gasteiger charge is 2.14. The smallest absolute Gasteiger partial charge is 0.293 e. The fraction of sp³-hybridized carbons (Fsp3) is 0.176. The Morgan fingerprint density at radius 3 is 2.96 bits per heavy atom. The van der Waals surface area contributed by atoms with Gasteiger partial charge in [-0.25, -0.2) is 4.98 Å². The van der Waals surface area contributed by atoms with E-state index >= 15 is 0 Å². The maximum absolute atomic E-state index is 12.2. The summed E-state index contributed by atoms with van der Waals surface area (Å²) in [4.78, 5) is 17.4. The zero-order chi connectivity index (χ0) is 17.8. The van der Waals surface area contributed by atoms with Crippen molar-refractivity contribution >= 4 is 45.6 Å². The van der Waals surface area contributed by atoms with E-state index in [0.29, 0.717) is 34.0 Å². The minimum absolute atomic E-state index is 0.210. The molecule has 2 aromatic heterocycles. The Bertz CT molecular complexity index is 892. The Kier molecular flexibility index (Phi) is 5.75. The number of halogens is 2. The standard InChI is InChI=1S/C17H14Cl2N2O3S/c1-23-9-12-3-5-15(24-12)16(22)21-17-20-8-13(25-17)7-10-6-11(18)2-4-14(10)19/h2-6,8H,7,9H2,1H3,(H,20,21,22). The second-order valence-corrected chi connectivity index (χ2v) is 7.16. The third-order valence-corrected chi connectivity index (χ3v) is 4.84. The van der Waals surface area contributed by atoms with Gasteiger partial charge >= 0.3 is 0 Å². The van der Waals surface area contributed by atoms with Crippen LogP contribution in [0.5, 0.6) is 0 Å². The first-order chi connectivity index (χ1) is 12.0. The van der Waals surface area contributed by atoms with Crippen LogP contribution in [0.25, 0.3) is 0 Å². The molecule has 1 N–H and O–H groups in total. The highest BCUT2D eigenvalue weighted by molar-refractivity contribution is 7.15. The summed E-state index contributed by atoms with van der Waals surface area (Å²) in [7, 11) is 1.56. The number of aromatic nitrogens is 1. The topological polar surface area (TPSA) is 64.4 Å². The summed E-state index contributed by atoms with van der Waals surface area (Å²) in [5.74, 6) is 0.439. The van der Waals surface area contributed by atoms with Gasteiger partial charge in [0.05, 0.1) is 0 Å². The Morgan fingerprint density at radius 2 is 2.16 bits per heavy atom. The molecule has 25 heavy (non-hydrogen) atoms. The fourth-order valence-corrected chi connectivity index (χ4v) is 3.40. The number of amides is 1. The van der Waals surface area contributed by atoms with Crippen LogP contribution < -0.4 is 5.32 Å². The number of carbonyl (C=O) groups is 1. The molecule has 8 heteroatoms. The second kappa shape index (κ2) is 8.01. The number of ether oxygens (including phenoxy) is 1. The molecular weight excluding hydrogens is 383 g/mol. The predicted molar refractivity (Wildman–Crippen MR) is 98.8 cm³/mol. The molecule has 0 saturated heterocycles. The lowest BCUT2D eigenvalue weighted by Gasteiger charge is -2.02. The van der Waals surface area contributed by atoms with E-state index in [1.165, 1.54) is 11.3 Å². The molecule has 0 saturated carbocycles. The molecule has 0 spiro atoms. The molecule has 130 valence electrons. The summed E-state index contributed by atoms with van der Waals surface area (Å²) in [5.41, 5.74) is 0.908. The van der Waals surface area contributed by atoms with Crippen molar-refractivity contribution in [3.05, 3.63) is 68.5 Å². The summed E-state index contributed by atoms with van der Waals surface area (Å²) in [5, 5.41) is 4.48. The van der Waals surface area contributed by atoms with Crippen molar-refractivity contribution in [3.63, 3.8) is 0 Å². The highest BCUT2D eigenvalue weighted by atomic mass is 35.5. The molecule has 0 aliphatic carbocycles. The van der Waals surface area contributed by atoms with E-state index in [-0.39, 0.29) is 11.7 Å². The number of furan rings is 1. The normalized spacial score (nSPS) is 10.8. The molecule has 1 amide bonds. The van der Waals surface area contributed by atoms with Gasteiger partial charge in [-0.1, -0.05) is 23.2 Å². The van der Waals surface area contributed by atoms with Crippen molar-refractivity contribution in [1.29, 1.82) is 0 Å². The Hall–Kier alpha value is -1.86. The van der Waals surface area contributed by atoms with Crippen molar-refractivity contribution in [2.75, 3.05) is 12.4 Å². The summed E-state index contributed by atoms with van der Waals surface area (Å²) in [6.45, 7) is 0.315. The summed E-state index contributed by atoms with van der Waals surface area (Å²) in [6, 6.07) is 8.63. The van der Waals surface area contributed by atoms with Gasteiger partial charge in [-0.2, -0.15) is 0 Å². The van der Waals surface area contributed by atoms with E-state index in [2.05, 4.69) is 10.3 Å². The van der Waals surface area contributed by atoms with E-state index in [1.54, 1.807) is 37.6 Å². The van der Waals surface area contributed by atoms with E-state index in [1.807, 2.05) is 6.07 Å². The van der Waals surface area contributed by atoms with Gasteiger partial charge in [0.25, 0.3) is 5.91 Å². The zero-order valence-electron chi connectivity index (χ0n) is 13.2. The second-order valence-electron chi connectivity index (χ2n) is 5.20. The molecule has 3 rings (SSSR count). The van der Waals surface area contributed by atoms with Crippen LogP contribution in [0.15, 0.2) is 40.9 Å². The quantitative estimate of drug-likeness (QED) is 0.634. The van der Waals surface area contributed by atoms with Crippen LogP contribution in [0.1, 0.15) is 26.8 Å². The van der Waals surface area contributed by atoms with Crippen molar-refractivity contribution in [2.45, 2.75) is 13.0 Å². The maximum atomic E-state index is 12.2. The number of rotatable bonds is 6. The Morgan fingerprint density at radius 1 is 1.32 bits per heavy atom. The first-order valence-corrected chi connectivity index (χ1v) is 8.90. The van der Waals surface area contributed by atoms with Crippen LogP contribution in [0.4, 0.5) is 5.13 Å². The minimum Gasteiger partial charge on any atom is -0.453 e. The van der Waals surface area contributed by atoms with Gasteiger partial charge < -0.3 is 9.15 Å². The number of thiazole rings is 1. The minimum atomic E-state index is -0.357. The molecule has 5 nitrogen and oxygen atoms in total. The summed E-state index contributed by atoms with van der Waals surface area (Å²) in [6.07, 6.45) is 2.29. The third-order valence-electron chi connectivity index (χ3n) is 3.32. The van der Waals surface area contributed by atoms with Crippen LogP contribution in [-0.2, 0) is 17.8 Å². The number of hydrogen-bond donors (Lipinski definition) is 1. The van der Waals surface area contributed by atoms with Crippen molar-refractivity contribution in [1.82, 2.24) is 4.98 Å². The first-order valence-electron chi connectivity index (χ1n) is 7.33. The molecule has 0 bridgehead atoms. The zero-order valence-corrected chi connectivity index (χ0v) is 15.5. The molecule has 3 aromatic rings. The molecule has 0 aliphatic rings. The lowest BCUT2D eigenvalue weighted by molar-refractivity contribution is 0.0987. The number of nitrogens with one attached hydrogen (secondary N) is 1. The molecule has 1 aromatic carbocycles. The van der Waals surface area contributed by atoms with Crippen LogP contribution in [0, 0.1) is 0 Å². The van der Waals surface area contributed by atoms with E-state index in [4.69, 9.17) is 32.4 Å². The van der Waals surface area contributed by atoms with Gasteiger partial charge in [-0.3, -0.25) is 10.1 Å². The van der Waals surface area contributed by atoms with Gasteiger partial charge in [-0.05, 0) is 35.9 Å². The van der Waals surface area contributed by atoms with E-state index in [9.17, 15) is 4.79 Å². The fourth-order valence-electron chi connectivity index (χ4n) is 2.19. The molecule has 0 unspecified atom stereocenters. The van der Waals surface area contributed by atoms with Crippen LogP contribution in [-0.4, -0.2) is 18.0 Å². The number of benzene rings is 1. The van der Waals surface area contributed by atoms with Gasteiger partial charge in [0, 0.05) is 34.6 Å². The van der Waals surface area contributed by atoms with Gasteiger partial charge in [-0.15, -0.1) is 11.3 Å². The Balaban J connectivity index is 1.66. The van der Waals surface area contributed by atoms with Crippen molar-refractivity contribution < 1.29 is 13.9 Å². The molecule has 2 heterocycles. The molecular formula is C17H14Cl2N2O3S. The van der Waals surface area contributed by atoms with Crippen LogP contribution >= 0.6 is 34.5 Å². The SMILES string of the molecule is COCc1ccc(C(=O)Nc2ncc(Cc3cc(Cl)ccc3Cl)s2)o1. The van der Waals surface area contributed by atoms with Crippen molar-refractivity contribution in [2.24, 2.45) is 0 Å². The largest absolute Gasteiger partial charge is 0.453 e. The third kappa shape index (κ3) is 4.61. The molecule has 0 atom stereocenters. The van der Waals surface area contributed by atoms with Gasteiger partial charge in [0.1, 0.15) is 12.4 Å². The maximum Gasteiger partial charge on any atom is 0.293 e. The lowest BCUT2D eigenvalue weighted by atomic mass is 10.1. The van der Waals surface area contributed by atoms with Gasteiger partial charge in [0.2, 0.25) is 0 Å². The van der Waals surface area contributed by atoms with Crippen molar-refractivity contribution in [3.8, 4) is 0 Å². The first kappa shape index (κ1) is 17.9. The van der Waals surface area contributed by atoms with Gasteiger partial charge in [0.15, 0.2) is 10.9 Å². The van der Waals surface area contributed by atoms with Crippen LogP contribution in [0.3, 0.4) is 0 Å². The lowest BCUT2D eigenvalue weighted by Crippen LogP contribution is -2.10. The average molecular weight is 397 g/mol. The number of nitrogens with zero attached hydrogens (tertiary/aromatic N) is 1. The molecule has 0 fully saturated rings. The summed E-state index contributed by atoms with van der Waals surface area (Å²) < 4.78 is 10.4. The predicted octanol–water partition coefficient (Wildman–Crippen LogP) is 5.03. The average Bonchev–Trinajstić information content (AvgIpc) is 3.21. The number of carbonyl (C=O) groups excluding carboxylic acids is 1. The summed E-state index contributed by atoms with van der Waals surface area (Å²) >= 11 is 13.6. The van der Waals surface area contributed by atoms with Crippen LogP contribution in [0.2, 0.25) is 10.0 Å². The monoisotopic (exact) mass is 396 g/mol. The molecule has 0 radical (unpaired) electrons.